The largest absolute Gasteiger partial charge is 0.322 e. The fourth-order valence-corrected chi connectivity index (χ4v) is 5.22. The van der Waals surface area contributed by atoms with Crippen molar-refractivity contribution in [1.29, 1.82) is 0 Å². The summed E-state index contributed by atoms with van der Waals surface area (Å²) in [5.41, 5.74) is 0.0439. The maximum Gasteiger partial charge on any atom is 0.243 e. The minimum absolute atomic E-state index is 0.0439. The molecule has 1 amide bonds. The zero-order valence-electron chi connectivity index (χ0n) is 15.0. The number of rotatable bonds is 4. The number of anilines is 1. The van der Waals surface area contributed by atoms with E-state index in [1.54, 1.807) is 24.3 Å². The Labute approximate surface area is 162 Å². The number of sulfonamides is 1. The van der Waals surface area contributed by atoms with Gasteiger partial charge in [-0.3, -0.25) is 4.79 Å². The van der Waals surface area contributed by atoms with E-state index < -0.39 is 27.8 Å². The highest BCUT2D eigenvalue weighted by molar-refractivity contribution is 7.89. The number of fused-ring (bicyclic) bond motifs is 1. The van der Waals surface area contributed by atoms with Crippen LogP contribution in [0.3, 0.4) is 0 Å². The fraction of sp³-hybridized carbons (Fsp3) is 0.190. The van der Waals surface area contributed by atoms with E-state index in [4.69, 9.17) is 0 Å². The van der Waals surface area contributed by atoms with Gasteiger partial charge in [-0.25, -0.2) is 12.8 Å². The molecule has 7 heteroatoms. The van der Waals surface area contributed by atoms with E-state index >= 15 is 0 Å². The standard InChI is InChI=1S/C21H19FN2O3S/c22-18-8-3-4-9-19(18)23-21(25)20-10-5-13-24(20)28(26,27)17-12-11-15-6-1-2-7-16(15)14-17/h1-4,6-9,11-12,14,20H,5,10,13H2,(H,23,25)/t20-/m0/s1. The van der Waals surface area contributed by atoms with Gasteiger partial charge in [0.25, 0.3) is 0 Å². The molecule has 0 spiro atoms. The Morgan fingerprint density at radius 1 is 1.00 bits per heavy atom. The Morgan fingerprint density at radius 2 is 1.71 bits per heavy atom. The van der Waals surface area contributed by atoms with Gasteiger partial charge >= 0.3 is 0 Å². The lowest BCUT2D eigenvalue weighted by Crippen LogP contribution is -2.43. The van der Waals surface area contributed by atoms with Crippen LogP contribution < -0.4 is 5.32 Å². The lowest BCUT2D eigenvalue weighted by atomic mass is 10.1. The van der Waals surface area contributed by atoms with Gasteiger partial charge in [-0.15, -0.1) is 0 Å². The van der Waals surface area contributed by atoms with Gasteiger partial charge in [0.2, 0.25) is 15.9 Å². The average Bonchev–Trinajstić information content (AvgIpc) is 3.20. The molecule has 4 rings (SSSR count). The van der Waals surface area contributed by atoms with E-state index in [0.29, 0.717) is 12.8 Å². The van der Waals surface area contributed by atoms with Crippen LogP contribution in [0.4, 0.5) is 10.1 Å². The first-order chi connectivity index (χ1) is 13.5. The molecule has 1 saturated heterocycles. The third-order valence-corrected chi connectivity index (χ3v) is 6.87. The minimum atomic E-state index is -3.85. The smallest absolute Gasteiger partial charge is 0.243 e. The fourth-order valence-electron chi connectivity index (χ4n) is 3.53. The molecule has 3 aromatic rings. The highest BCUT2D eigenvalue weighted by atomic mass is 32.2. The van der Waals surface area contributed by atoms with Crippen molar-refractivity contribution in [3.8, 4) is 0 Å². The first-order valence-corrected chi connectivity index (χ1v) is 10.5. The molecule has 0 radical (unpaired) electrons. The topological polar surface area (TPSA) is 66.5 Å². The molecule has 0 aromatic heterocycles. The first kappa shape index (κ1) is 18.6. The maximum absolute atomic E-state index is 13.8. The summed E-state index contributed by atoms with van der Waals surface area (Å²) in [5, 5.41) is 4.27. The molecule has 144 valence electrons. The van der Waals surface area contributed by atoms with Crippen LogP contribution in [0.25, 0.3) is 10.8 Å². The van der Waals surface area contributed by atoms with Crippen molar-refractivity contribution in [2.45, 2.75) is 23.8 Å². The van der Waals surface area contributed by atoms with Gasteiger partial charge in [-0.1, -0.05) is 42.5 Å². The summed E-state index contributed by atoms with van der Waals surface area (Å²) in [4.78, 5) is 12.8. The molecule has 1 aliphatic heterocycles. The second-order valence-electron chi connectivity index (χ2n) is 6.75. The van der Waals surface area contributed by atoms with Crippen molar-refractivity contribution in [1.82, 2.24) is 4.31 Å². The number of nitrogens with one attached hydrogen (secondary N) is 1. The van der Waals surface area contributed by atoms with Crippen molar-refractivity contribution >= 4 is 32.4 Å². The van der Waals surface area contributed by atoms with Gasteiger partial charge in [0, 0.05) is 6.54 Å². The Bertz CT molecular complexity index is 1150. The lowest BCUT2D eigenvalue weighted by Gasteiger charge is -2.23. The molecule has 0 aliphatic carbocycles. The van der Waals surface area contributed by atoms with Crippen molar-refractivity contribution in [2.24, 2.45) is 0 Å². The quantitative estimate of drug-likeness (QED) is 0.728. The van der Waals surface area contributed by atoms with Crippen molar-refractivity contribution < 1.29 is 17.6 Å². The molecule has 0 bridgehead atoms. The predicted octanol–water partition coefficient (Wildman–Crippen LogP) is 3.77. The molecule has 0 saturated carbocycles. The Balaban J connectivity index is 1.62. The molecular formula is C21H19FN2O3S. The highest BCUT2D eigenvalue weighted by Gasteiger charge is 2.39. The third kappa shape index (κ3) is 3.39. The molecular weight excluding hydrogens is 379 g/mol. The number of carbonyl (C=O) groups is 1. The van der Waals surface area contributed by atoms with Crippen LogP contribution in [0, 0.1) is 5.82 Å². The number of nitrogens with zero attached hydrogens (tertiary/aromatic N) is 1. The van der Waals surface area contributed by atoms with Gasteiger partial charge in [0.05, 0.1) is 10.6 Å². The van der Waals surface area contributed by atoms with Gasteiger partial charge in [0.15, 0.2) is 0 Å². The van der Waals surface area contributed by atoms with E-state index in [1.165, 1.54) is 22.5 Å². The molecule has 1 heterocycles. The second-order valence-corrected chi connectivity index (χ2v) is 8.64. The molecule has 1 atom stereocenters. The van der Waals surface area contributed by atoms with E-state index in [0.717, 1.165) is 10.8 Å². The maximum atomic E-state index is 13.8. The number of carbonyl (C=O) groups excluding carboxylic acids is 1. The minimum Gasteiger partial charge on any atom is -0.322 e. The van der Waals surface area contributed by atoms with E-state index in [9.17, 15) is 17.6 Å². The second kappa shape index (κ2) is 7.33. The van der Waals surface area contributed by atoms with Gasteiger partial charge in [0.1, 0.15) is 11.9 Å². The molecule has 1 N–H and O–H groups in total. The van der Waals surface area contributed by atoms with Crippen LogP contribution in [0.2, 0.25) is 0 Å². The van der Waals surface area contributed by atoms with Crippen LogP contribution in [0.15, 0.2) is 71.6 Å². The van der Waals surface area contributed by atoms with Crippen LogP contribution in [-0.2, 0) is 14.8 Å². The number of hydrogen-bond acceptors (Lipinski definition) is 3. The summed E-state index contributed by atoms with van der Waals surface area (Å²) < 4.78 is 41.4. The summed E-state index contributed by atoms with van der Waals surface area (Å²) in [6.45, 7) is 0.254. The number of benzene rings is 3. The molecule has 0 unspecified atom stereocenters. The van der Waals surface area contributed by atoms with Gasteiger partial charge in [-0.2, -0.15) is 4.31 Å². The zero-order chi connectivity index (χ0) is 19.7. The Morgan fingerprint density at radius 3 is 2.50 bits per heavy atom. The molecule has 1 fully saturated rings. The third-order valence-electron chi connectivity index (χ3n) is 4.97. The number of para-hydroxylation sites is 1. The van der Waals surface area contributed by atoms with E-state index in [1.807, 2.05) is 24.3 Å². The van der Waals surface area contributed by atoms with Crippen molar-refractivity contribution in [3.63, 3.8) is 0 Å². The molecule has 5 nitrogen and oxygen atoms in total. The summed E-state index contributed by atoms with van der Waals surface area (Å²) in [6, 6.07) is 17.4. The highest BCUT2D eigenvalue weighted by Crippen LogP contribution is 2.29. The first-order valence-electron chi connectivity index (χ1n) is 9.03. The zero-order valence-corrected chi connectivity index (χ0v) is 15.8. The lowest BCUT2D eigenvalue weighted by molar-refractivity contribution is -0.119. The van der Waals surface area contributed by atoms with Crippen LogP contribution >= 0.6 is 0 Å². The molecule has 28 heavy (non-hydrogen) atoms. The van der Waals surface area contributed by atoms with Crippen molar-refractivity contribution in [2.75, 3.05) is 11.9 Å². The van der Waals surface area contributed by atoms with E-state index in [2.05, 4.69) is 5.32 Å². The summed E-state index contributed by atoms with van der Waals surface area (Å²) in [6.07, 6.45) is 0.968. The predicted molar refractivity (Wildman–Crippen MR) is 106 cm³/mol. The number of hydrogen-bond donors (Lipinski definition) is 1. The summed E-state index contributed by atoms with van der Waals surface area (Å²) in [5.74, 6) is -1.08. The van der Waals surface area contributed by atoms with Crippen LogP contribution in [-0.4, -0.2) is 31.2 Å². The summed E-state index contributed by atoms with van der Waals surface area (Å²) >= 11 is 0. The Hall–Kier alpha value is -2.77. The SMILES string of the molecule is O=C(Nc1ccccc1F)[C@@H]1CCCN1S(=O)(=O)c1ccc2ccccc2c1. The number of halogens is 1. The average molecular weight is 398 g/mol. The Kier molecular flexibility index (Phi) is 4.87. The van der Waals surface area contributed by atoms with Crippen molar-refractivity contribution in [3.05, 3.63) is 72.5 Å². The normalized spacial score (nSPS) is 17.7. The molecule has 3 aromatic carbocycles. The van der Waals surface area contributed by atoms with Crippen LogP contribution in [0.5, 0.6) is 0 Å². The van der Waals surface area contributed by atoms with Crippen LogP contribution in [0.1, 0.15) is 12.8 Å². The monoisotopic (exact) mass is 398 g/mol. The summed E-state index contributed by atoms with van der Waals surface area (Å²) in [7, 11) is -3.85. The van der Waals surface area contributed by atoms with E-state index in [-0.39, 0.29) is 17.1 Å². The van der Waals surface area contributed by atoms with Gasteiger partial charge < -0.3 is 5.32 Å². The molecule has 1 aliphatic rings. The number of amides is 1. The van der Waals surface area contributed by atoms with Gasteiger partial charge in [-0.05, 0) is 47.9 Å².